The van der Waals surface area contributed by atoms with E-state index in [2.05, 4.69) is 9.47 Å². The number of rotatable bonds is 6. The highest BCUT2D eigenvalue weighted by molar-refractivity contribution is 6.51. The molecule has 2 aromatic carbocycles. The van der Waals surface area contributed by atoms with Crippen molar-refractivity contribution < 1.29 is 58.7 Å². The molecule has 0 saturated heterocycles. The van der Waals surface area contributed by atoms with Crippen molar-refractivity contribution in [1.82, 2.24) is 0 Å². The van der Waals surface area contributed by atoms with E-state index in [1.165, 1.54) is 0 Å². The first-order valence-corrected chi connectivity index (χ1v) is 10.6. The Balaban J connectivity index is 2.64. The van der Waals surface area contributed by atoms with Crippen molar-refractivity contribution in [1.29, 1.82) is 0 Å². The Morgan fingerprint density at radius 3 is 0.889 bits per heavy atom. The second-order valence-corrected chi connectivity index (χ2v) is 8.31. The van der Waals surface area contributed by atoms with Crippen LogP contribution >= 0.6 is 69.6 Å². The van der Waals surface area contributed by atoms with Crippen molar-refractivity contribution in [2.45, 2.75) is 0 Å². The fourth-order valence-electron chi connectivity index (χ4n) is 2.55. The Morgan fingerprint density at radius 2 is 0.667 bits per heavy atom. The number of benzene rings is 2. The summed E-state index contributed by atoms with van der Waals surface area (Å²) in [6.07, 6.45) is 0. The minimum atomic E-state index is -2.11. The van der Waals surface area contributed by atoms with E-state index in [4.69, 9.17) is 69.6 Å². The average Bonchev–Trinajstić information content (AvgIpc) is 2.77. The molecule has 0 amide bonds. The maximum absolute atomic E-state index is 12.3. The lowest BCUT2D eigenvalue weighted by molar-refractivity contribution is -0.156. The van der Waals surface area contributed by atoms with Gasteiger partial charge >= 0.3 is 35.8 Å². The van der Waals surface area contributed by atoms with Gasteiger partial charge in [-0.3, -0.25) is 0 Å². The first kappa shape index (κ1) is 29.2. The molecule has 0 aromatic heterocycles. The van der Waals surface area contributed by atoms with E-state index in [0.29, 0.717) is 0 Å². The SMILES string of the molecule is O=C(Oc1c(Cl)c(Cl)c(Cl)c(C(=O)O)c1C(=O)O)C(=O)Oc1c(Cl)c(Cl)c(Cl)c(C(=O)O)c1C(=O)O. The summed E-state index contributed by atoms with van der Waals surface area (Å²) in [5, 5.41) is 32.4. The van der Waals surface area contributed by atoms with Crippen LogP contribution in [-0.4, -0.2) is 56.2 Å². The van der Waals surface area contributed by atoms with Gasteiger partial charge in [-0.05, 0) is 0 Å². The van der Waals surface area contributed by atoms with Crippen LogP contribution in [0.5, 0.6) is 11.5 Å². The summed E-state index contributed by atoms with van der Waals surface area (Å²) in [6.45, 7) is 0. The smallest absolute Gasteiger partial charge is 0.423 e. The van der Waals surface area contributed by atoms with Gasteiger partial charge in [-0.2, -0.15) is 0 Å². The third kappa shape index (κ3) is 5.24. The van der Waals surface area contributed by atoms with E-state index < -0.39 is 99.7 Å². The summed E-state index contributed by atoms with van der Waals surface area (Å²) in [5.74, 6) is -14.6. The monoisotopic (exact) mass is 622 g/mol. The molecule has 190 valence electrons. The van der Waals surface area contributed by atoms with Gasteiger partial charge in [0.15, 0.2) is 11.5 Å². The van der Waals surface area contributed by atoms with Crippen LogP contribution < -0.4 is 9.47 Å². The molecule has 0 bridgehead atoms. The van der Waals surface area contributed by atoms with E-state index in [1.54, 1.807) is 0 Å². The Hall–Kier alpha value is -3.00. The van der Waals surface area contributed by atoms with Crippen molar-refractivity contribution in [2.24, 2.45) is 0 Å². The molecule has 0 saturated carbocycles. The van der Waals surface area contributed by atoms with Crippen LogP contribution in [0.1, 0.15) is 41.4 Å². The van der Waals surface area contributed by atoms with E-state index in [-0.39, 0.29) is 0 Å². The van der Waals surface area contributed by atoms with Gasteiger partial charge in [-0.25, -0.2) is 28.8 Å². The zero-order chi connectivity index (χ0) is 27.8. The van der Waals surface area contributed by atoms with Crippen LogP contribution in [0.3, 0.4) is 0 Å². The highest BCUT2D eigenvalue weighted by atomic mass is 35.5. The minimum Gasteiger partial charge on any atom is -0.478 e. The molecular weight excluding hydrogens is 621 g/mol. The molecule has 0 radical (unpaired) electrons. The normalized spacial score (nSPS) is 10.5. The maximum atomic E-state index is 12.3. The molecule has 2 aromatic rings. The quantitative estimate of drug-likeness (QED) is 0.147. The van der Waals surface area contributed by atoms with E-state index >= 15 is 0 Å². The van der Waals surface area contributed by atoms with Crippen LogP contribution in [0.2, 0.25) is 30.1 Å². The number of carboxylic acid groups (broad SMARTS) is 4. The molecular formula is C18H4Cl6O12. The molecule has 2 rings (SSSR count). The van der Waals surface area contributed by atoms with Crippen molar-refractivity contribution in [3.05, 3.63) is 52.4 Å². The molecule has 0 unspecified atom stereocenters. The van der Waals surface area contributed by atoms with Gasteiger partial charge < -0.3 is 29.9 Å². The molecule has 0 atom stereocenters. The second kappa shape index (κ2) is 10.9. The number of hydrogen-bond acceptors (Lipinski definition) is 8. The van der Waals surface area contributed by atoms with Gasteiger partial charge in [0.2, 0.25) is 0 Å². The third-order valence-corrected chi connectivity index (χ3v) is 6.59. The van der Waals surface area contributed by atoms with E-state index in [9.17, 15) is 49.2 Å². The number of carbonyl (C=O) groups excluding carboxylic acids is 2. The number of carboxylic acids is 4. The van der Waals surface area contributed by atoms with Gasteiger partial charge in [0.05, 0.1) is 31.2 Å². The molecule has 12 nitrogen and oxygen atoms in total. The Kier molecular flexibility index (Phi) is 8.89. The number of carbonyl (C=O) groups is 6. The highest BCUT2D eigenvalue weighted by Gasteiger charge is 2.36. The molecule has 0 heterocycles. The Bertz CT molecular complexity index is 1290. The Labute approximate surface area is 227 Å². The number of aromatic carboxylic acids is 4. The average molecular weight is 625 g/mol. The molecule has 0 aliphatic carbocycles. The number of hydrogen-bond donors (Lipinski definition) is 4. The van der Waals surface area contributed by atoms with Crippen LogP contribution in [0.15, 0.2) is 0 Å². The first-order valence-electron chi connectivity index (χ1n) is 8.32. The van der Waals surface area contributed by atoms with Crippen LogP contribution in [0, 0.1) is 0 Å². The standard InChI is InChI=1S/C18H4Cl6O12/c19-5-1(13(25)26)3(15(29)30)11(9(23)7(5)21)35-17(33)18(34)36-12-4(16(31)32)2(14(27)28)6(20)8(22)10(12)24/h(H,25,26)(H,27,28)(H,29,30)(H,31,32). The van der Waals surface area contributed by atoms with Crippen LogP contribution in [0.4, 0.5) is 0 Å². The molecule has 4 N–H and O–H groups in total. The molecule has 36 heavy (non-hydrogen) atoms. The van der Waals surface area contributed by atoms with E-state index in [0.717, 1.165) is 0 Å². The molecule has 18 heteroatoms. The van der Waals surface area contributed by atoms with Crippen molar-refractivity contribution in [3.63, 3.8) is 0 Å². The number of ether oxygens (including phenoxy) is 2. The summed E-state index contributed by atoms with van der Waals surface area (Å²) in [7, 11) is 0. The zero-order valence-corrected chi connectivity index (χ0v) is 20.9. The molecule has 0 aliphatic rings. The summed E-state index contributed by atoms with van der Waals surface area (Å²) in [4.78, 5) is 71.0. The largest absolute Gasteiger partial charge is 0.478 e. The topological polar surface area (TPSA) is 202 Å². The summed E-state index contributed by atoms with van der Waals surface area (Å²) in [6, 6.07) is 0. The molecule has 0 aliphatic heterocycles. The zero-order valence-electron chi connectivity index (χ0n) is 16.3. The summed E-state index contributed by atoms with van der Waals surface area (Å²) >= 11 is 34.6. The third-order valence-electron chi connectivity index (χ3n) is 3.97. The van der Waals surface area contributed by atoms with Crippen LogP contribution in [-0.2, 0) is 9.59 Å². The number of esters is 2. The minimum absolute atomic E-state index is 0.760. The van der Waals surface area contributed by atoms with Crippen molar-refractivity contribution in [2.75, 3.05) is 0 Å². The number of halogens is 6. The van der Waals surface area contributed by atoms with Gasteiger partial charge in [0.25, 0.3) is 0 Å². The van der Waals surface area contributed by atoms with Crippen molar-refractivity contribution >= 4 is 105 Å². The lowest BCUT2D eigenvalue weighted by Crippen LogP contribution is -2.28. The van der Waals surface area contributed by atoms with Gasteiger partial charge in [-0.15, -0.1) is 0 Å². The van der Waals surface area contributed by atoms with Crippen molar-refractivity contribution in [3.8, 4) is 11.5 Å². The second-order valence-electron chi connectivity index (χ2n) is 6.04. The van der Waals surface area contributed by atoms with Gasteiger partial charge in [0, 0.05) is 0 Å². The summed E-state index contributed by atoms with van der Waals surface area (Å²) in [5.41, 5.74) is -4.87. The summed E-state index contributed by atoms with van der Waals surface area (Å²) < 4.78 is 9.14. The lowest BCUT2D eigenvalue weighted by Gasteiger charge is -2.16. The molecule has 0 fully saturated rings. The predicted octanol–water partition coefficient (Wildman–Crippen LogP) is 4.91. The van der Waals surface area contributed by atoms with Gasteiger partial charge in [-0.1, -0.05) is 69.6 Å². The van der Waals surface area contributed by atoms with E-state index in [1.807, 2.05) is 0 Å². The fraction of sp³-hybridized carbons (Fsp3) is 0. The molecule has 0 spiro atoms. The van der Waals surface area contributed by atoms with Gasteiger partial charge in [0.1, 0.15) is 21.2 Å². The fourth-order valence-corrected chi connectivity index (χ4v) is 4.00. The predicted molar refractivity (Wildman–Crippen MR) is 122 cm³/mol. The first-order chi connectivity index (χ1) is 16.5. The highest BCUT2D eigenvalue weighted by Crippen LogP contribution is 2.45. The Morgan fingerprint density at radius 1 is 0.417 bits per heavy atom. The lowest BCUT2D eigenvalue weighted by atomic mass is 10.1. The van der Waals surface area contributed by atoms with Crippen LogP contribution in [0.25, 0.3) is 0 Å². The maximum Gasteiger partial charge on any atom is 0.423 e.